The van der Waals surface area contributed by atoms with Gasteiger partial charge in [-0.3, -0.25) is 4.90 Å². The van der Waals surface area contributed by atoms with Crippen LogP contribution in [0.25, 0.3) is 0 Å². The van der Waals surface area contributed by atoms with Crippen molar-refractivity contribution in [3.05, 3.63) is 52.1 Å². The highest BCUT2D eigenvalue weighted by Crippen LogP contribution is 2.52. The highest BCUT2D eigenvalue weighted by atomic mass is 16.5. The molecular weight excluding hydrogens is 360 g/mol. The number of likely N-dealkylation sites (tertiary alicyclic amines) is 1. The van der Waals surface area contributed by atoms with E-state index in [4.69, 9.17) is 15.2 Å². The molecule has 2 aromatic carbocycles. The van der Waals surface area contributed by atoms with E-state index in [1.807, 2.05) is 0 Å². The first-order valence-corrected chi connectivity index (χ1v) is 10.7. The molecule has 0 saturated carbocycles. The van der Waals surface area contributed by atoms with Crippen LogP contribution < -0.4 is 15.2 Å². The maximum atomic E-state index is 6.72. The van der Waals surface area contributed by atoms with Crippen molar-refractivity contribution in [1.82, 2.24) is 4.90 Å². The third-order valence-electron chi connectivity index (χ3n) is 7.61. The van der Waals surface area contributed by atoms with Gasteiger partial charge in [0, 0.05) is 30.3 Å². The van der Waals surface area contributed by atoms with Crippen molar-refractivity contribution in [1.29, 1.82) is 0 Å². The monoisotopic (exact) mass is 394 g/mol. The normalized spacial score (nSPS) is 25.0. The van der Waals surface area contributed by atoms with Crippen LogP contribution in [0.2, 0.25) is 0 Å². The molecule has 0 aliphatic carbocycles. The zero-order chi connectivity index (χ0) is 20.9. The van der Waals surface area contributed by atoms with E-state index in [1.54, 1.807) is 7.11 Å². The molecule has 2 heterocycles. The van der Waals surface area contributed by atoms with Crippen molar-refractivity contribution in [2.45, 2.75) is 65.0 Å². The average molecular weight is 395 g/mol. The summed E-state index contributed by atoms with van der Waals surface area (Å²) in [7, 11) is 1.72. The van der Waals surface area contributed by atoms with Gasteiger partial charge in [0.1, 0.15) is 11.5 Å². The Labute approximate surface area is 175 Å². The zero-order valence-corrected chi connectivity index (χ0v) is 18.6. The van der Waals surface area contributed by atoms with Gasteiger partial charge in [0.2, 0.25) is 0 Å². The van der Waals surface area contributed by atoms with Gasteiger partial charge in [-0.2, -0.15) is 0 Å². The molecule has 4 heteroatoms. The van der Waals surface area contributed by atoms with Gasteiger partial charge in [0.25, 0.3) is 0 Å². The predicted molar refractivity (Wildman–Crippen MR) is 119 cm³/mol. The Balaban J connectivity index is 1.54. The van der Waals surface area contributed by atoms with Crippen molar-refractivity contribution < 1.29 is 9.47 Å². The topological polar surface area (TPSA) is 47.7 Å². The van der Waals surface area contributed by atoms with E-state index in [-0.39, 0.29) is 11.6 Å². The van der Waals surface area contributed by atoms with Crippen molar-refractivity contribution >= 4 is 5.69 Å². The Morgan fingerprint density at radius 1 is 1.03 bits per heavy atom. The van der Waals surface area contributed by atoms with Crippen LogP contribution in [0.3, 0.4) is 0 Å². The number of hydrogen-bond acceptors (Lipinski definition) is 4. The molecule has 2 N–H and O–H groups in total. The summed E-state index contributed by atoms with van der Waals surface area (Å²) in [6, 6.07) is 8.56. The van der Waals surface area contributed by atoms with Crippen LogP contribution in [0.15, 0.2) is 24.3 Å². The van der Waals surface area contributed by atoms with E-state index >= 15 is 0 Å². The van der Waals surface area contributed by atoms with Gasteiger partial charge >= 0.3 is 0 Å². The van der Waals surface area contributed by atoms with E-state index < -0.39 is 0 Å². The van der Waals surface area contributed by atoms with E-state index in [0.29, 0.717) is 5.92 Å². The number of anilines is 1. The fraction of sp³-hybridized carbons (Fsp3) is 0.520. The quantitative estimate of drug-likeness (QED) is 0.718. The summed E-state index contributed by atoms with van der Waals surface area (Å²) in [5.74, 6) is 2.87. The van der Waals surface area contributed by atoms with Gasteiger partial charge in [-0.1, -0.05) is 19.1 Å². The number of rotatable bonds is 3. The number of nitrogens with zero attached hydrogens (tertiary/aromatic N) is 1. The molecule has 0 radical (unpaired) electrons. The molecule has 2 aliphatic heterocycles. The van der Waals surface area contributed by atoms with Gasteiger partial charge in [-0.05, 0) is 80.8 Å². The van der Waals surface area contributed by atoms with Crippen molar-refractivity contribution in [2.75, 3.05) is 25.9 Å². The summed E-state index contributed by atoms with van der Waals surface area (Å²) in [6.45, 7) is 13.0. The number of methoxy groups -OCH3 is 1. The van der Waals surface area contributed by atoms with Crippen LogP contribution in [0, 0.1) is 20.8 Å². The summed E-state index contributed by atoms with van der Waals surface area (Å²) >= 11 is 0. The minimum absolute atomic E-state index is 0.289. The molecule has 0 bridgehead atoms. The molecular formula is C25H34N2O2. The van der Waals surface area contributed by atoms with E-state index in [1.165, 1.54) is 22.3 Å². The molecule has 0 aromatic heterocycles. The Morgan fingerprint density at radius 2 is 1.66 bits per heavy atom. The first kappa shape index (κ1) is 20.1. The van der Waals surface area contributed by atoms with Crippen LogP contribution >= 0.6 is 0 Å². The SMILES string of the molecule is COc1ccc(C2CCN(C3(C)Oc4c(C)c(C)c(N)c(C)c4C3C)CC2)cc1. The van der Waals surface area contributed by atoms with Gasteiger partial charge in [-0.15, -0.1) is 0 Å². The molecule has 156 valence electrons. The lowest BCUT2D eigenvalue weighted by molar-refractivity contribution is -0.0811. The van der Waals surface area contributed by atoms with Gasteiger partial charge in [0.15, 0.2) is 5.72 Å². The van der Waals surface area contributed by atoms with Crippen LogP contribution in [-0.4, -0.2) is 30.8 Å². The molecule has 4 rings (SSSR count). The molecule has 2 atom stereocenters. The van der Waals surface area contributed by atoms with E-state index in [2.05, 4.69) is 63.8 Å². The van der Waals surface area contributed by atoms with Crippen LogP contribution in [0.1, 0.15) is 66.3 Å². The van der Waals surface area contributed by atoms with Gasteiger partial charge in [-0.25, -0.2) is 0 Å². The minimum atomic E-state index is -0.317. The Bertz CT molecular complexity index is 914. The molecule has 29 heavy (non-hydrogen) atoms. The van der Waals surface area contributed by atoms with Crippen LogP contribution in [0.4, 0.5) is 5.69 Å². The third kappa shape index (κ3) is 3.09. The Hall–Kier alpha value is -2.20. The predicted octanol–water partition coefficient (Wildman–Crippen LogP) is 5.29. The summed E-state index contributed by atoms with van der Waals surface area (Å²) < 4.78 is 12.0. The number of fused-ring (bicyclic) bond motifs is 1. The molecule has 2 aliphatic rings. The molecule has 2 unspecified atom stereocenters. The average Bonchev–Trinajstić information content (AvgIpc) is 3.03. The van der Waals surface area contributed by atoms with Crippen molar-refractivity contribution in [3.8, 4) is 11.5 Å². The lowest BCUT2D eigenvalue weighted by atomic mass is 9.84. The van der Waals surface area contributed by atoms with E-state index in [9.17, 15) is 0 Å². The third-order valence-corrected chi connectivity index (χ3v) is 7.61. The fourth-order valence-electron chi connectivity index (χ4n) is 5.26. The number of ether oxygens (including phenoxy) is 2. The molecule has 0 spiro atoms. The van der Waals surface area contributed by atoms with Crippen LogP contribution in [-0.2, 0) is 0 Å². The maximum Gasteiger partial charge on any atom is 0.167 e. The van der Waals surface area contributed by atoms with Crippen LogP contribution in [0.5, 0.6) is 11.5 Å². The zero-order valence-electron chi connectivity index (χ0n) is 18.6. The second-order valence-corrected chi connectivity index (χ2v) is 8.94. The standard InChI is InChI=1S/C25H34N2O2/c1-15-16(2)24-22(17(3)23(15)26)18(4)25(5,29-24)27-13-11-20(12-14-27)19-7-9-21(28-6)10-8-19/h7-10,18,20H,11-14,26H2,1-6H3. The number of nitrogen functional groups attached to an aromatic ring is 1. The molecule has 1 fully saturated rings. The summed E-state index contributed by atoms with van der Waals surface area (Å²) in [4.78, 5) is 2.54. The highest BCUT2D eigenvalue weighted by molar-refractivity contribution is 5.67. The molecule has 4 nitrogen and oxygen atoms in total. The smallest absolute Gasteiger partial charge is 0.167 e. The van der Waals surface area contributed by atoms with Gasteiger partial charge < -0.3 is 15.2 Å². The summed E-state index contributed by atoms with van der Waals surface area (Å²) in [5.41, 5.74) is 13.2. The van der Waals surface area contributed by atoms with Gasteiger partial charge in [0.05, 0.1) is 7.11 Å². The second-order valence-electron chi connectivity index (χ2n) is 8.94. The first-order valence-electron chi connectivity index (χ1n) is 10.7. The summed E-state index contributed by atoms with van der Waals surface area (Å²) in [5, 5.41) is 0. The Morgan fingerprint density at radius 3 is 2.24 bits per heavy atom. The highest BCUT2D eigenvalue weighted by Gasteiger charge is 2.49. The molecule has 1 saturated heterocycles. The largest absolute Gasteiger partial charge is 0.497 e. The maximum absolute atomic E-state index is 6.72. The Kier molecular flexibility index (Phi) is 5.02. The number of benzene rings is 2. The number of piperidine rings is 1. The van der Waals surface area contributed by atoms with Crippen molar-refractivity contribution in [2.24, 2.45) is 0 Å². The fourth-order valence-corrected chi connectivity index (χ4v) is 5.26. The summed E-state index contributed by atoms with van der Waals surface area (Å²) in [6.07, 6.45) is 2.29. The molecule has 2 aromatic rings. The van der Waals surface area contributed by atoms with E-state index in [0.717, 1.165) is 48.7 Å². The molecule has 0 amide bonds. The number of nitrogens with two attached hydrogens (primary N) is 1. The number of hydrogen-bond donors (Lipinski definition) is 1. The lowest BCUT2D eigenvalue weighted by Crippen LogP contribution is -2.54. The minimum Gasteiger partial charge on any atom is -0.497 e. The second kappa shape index (κ2) is 7.24. The lowest BCUT2D eigenvalue weighted by Gasteiger charge is -2.44. The first-order chi connectivity index (χ1) is 13.8. The van der Waals surface area contributed by atoms with Crippen molar-refractivity contribution in [3.63, 3.8) is 0 Å².